The molecule has 4 rings (SSSR count). The van der Waals surface area contributed by atoms with Crippen LogP contribution >= 0.6 is 0 Å². The highest BCUT2D eigenvalue weighted by Gasteiger charge is 2.34. The number of aromatic nitrogens is 2. The quantitative estimate of drug-likeness (QED) is 0.404. The number of hydrogen-bond acceptors (Lipinski definition) is 7. The molecule has 3 aromatic rings. The second-order valence-electron chi connectivity index (χ2n) is 6.29. The van der Waals surface area contributed by atoms with Crippen LogP contribution in [0.15, 0.2) is 42.5 Å². The highest BCUT2D eigenvalue weighted by molar-refractivity contribution is 5.80. The maximum absolute atomic E-state index is 12.1. The van der Waals surface area contributed by atoms with Gasteiger partial charge in [-0.3, -0.25) is 20.0 Å². The van der Waals surface area contributed by atoms with Crippen molar-refractivity contribution in [3.63, 3.8) is 0 Å². The van der Waals surface area contributed by atoms with Crippen LogP contribution in [0.25, 0.3) is 11.3 Å². The predicted molar refractivity (Wildman–Crippen MR) is 97.4 cm³/mol. The molecule has 0 fully saturated rings. The number of nitrogens with zero attached hydrogens (tertiary/aromatic N) is 2. The molecule has 0 saturated carbocycles. The third-order valence-electron chi connectivity index (χ3n) is 4.65. The summed E-state index contributed by atoms with van der Waals surface area (Å²) in [6, 6.07) is 10.9. The lowest BCUT2D eigenvalue weighted by atomic mass is 9.85. The van der Waals surface area contributed by atoms with E-state index < -0.39 is 16.8 Å². The van der Waals surface area contributed by atoms with Gasteiger partial charge in [-0.25, -0.2) is 0 Å². The zero-order chi connectivity index (χ0) is 19.8. The number of nitrogens with one attached hydrogen (secondary N) is 1. The molecule has 0 amide bonds. The summed E-state index contributed by atoms with van der Waals surface area (Å²) in [5, 5.41) is 27.9. The number of phenolic OH excluding ortho intramolecular Hbond substituents is 1. The molecule has 0 bridgehead atoms. The molecule has 2 N–H and O–H groups in total. The van der Waals surface area contributed by atoms with E-state index in [4.69, 9.17) is 9.47 Å². The van der Waals surface area contributed by atoms with E-state index in [1.807, 2.05) is 0 Å². The molecular formula is C19H15N3O6. The first kappa shape index (κ1) is 17.5. The lowest BCUT2D eigenvalue weighted by Crippen LogP contribution is -2.20. The van der Waals surface area contributed by atoms with Gasteiger partial charge in [0.25, 0.3) is 5.69 Å². The number of aromatic hydroxyl groups is 1. The molecule has 1 aliphatic heterocycles. The van der Waals surface area contributed by atoms with Gasteiger partial charge in [0, 0.05) is 23.6 Å². The maximum Gasteiger partial charge on any atom is 0.313 e. The van der Waals surface area contributed by atoms with E-state index in [2.05, 4.69) is 10.2 Å². The Bertz CT molecular complexity index is 1090. The molecule has 9 heteroatoms. The highest BCUT2D eigenvalue weighted by Crippen LogP contribution is 2.44. The Labute approximate surface area is 158 Å². The second-order valence-corrected chi connectivity index (χ2v) is 6.29. The summed E-state index contributed by atoms with van der Waals surface area (Å²) in [6.07, 6.45) is 0.0579. The van der Waals surface area contributed by atoms with Gasteiger partial charge in [0.2, 0.25) is 5.88 Å². The van der Waals surface area contributed by atoms with E-state index in [1.54, 1.807) is 24.3 Å². The summed E-state index contributed by atoms with van der Waals surface area (Å²) in [5.41, 5.74) is 2.37. The van der Waals surface area contributed by atoms with E-state index in [0.29, 0.717) is 16.8 Å². The maximum atomic E-state index is 12.1. The number of nitro benzene ring substituents is 1. The minimum Gasteiger partial charge on any atom is -0.504 e. The zero-order valence-electron chi connectivity index (χ0n) is 14.7. The van der Waals surface area contributed by atoms with Crippen molar-refractivity contribution in [2.24, 2.45) is 0 Å². The molecule has 0 aliphatic carbocycles. The van der Waals surface area contributed by atoms with Gasteiger partial charge in [-0.15, -0.1) is 5.10 Å². The molecule has 1 aliphatic rings. The van der Waals surface area contributed by atoms with Crippen molar-refractivity contribution in [3.8, 4) is 28.6 Å². The average Bonchev–Trinajstić information content (AvgIpc) is 3.11. The van der Waals surface area contributed by atoms with E-state index in [1.165, 1.54) is 25.3 Å². The summed E-state index contributed by atoms with van der Waals surface area (Å²) in [5.74, 6) is -0.468. The van der Waals surface area contributed by atoms with Gasteiger partial charge in [-0.1, -0.05) is 18.2 Å². The van der Waals surface area contributed by atoms with Crippen molar-refractivity contribution in [3.05, 3.63) is 63.7 Å². The van der Waals surface area contributed by atoms with Crippen LogP contribution in [-0.2, 0) is 4.79 Å². The zero-order valence-corrected chi connectivity index (χ0v) is 14.7. The minimum atomic E-state index is -0.478. The average molecular weight is 381 g/mol. The highest BCUT2D eigenvalue weighted by atomic mass is 16.6. The van der Waals surface area contributed by atoms with Crippen molar-refractivity contribution in [1.82, 2.24) is 10.2 Å². The number of carbonyl (C=O) groups is 1. The van der Waals surface area contributed by atoms with Crippen LogP contribution in [0.1, 0.15) is 23.5 Å². The van der Waals surface area contributed by atoms with Gasteiger partial charge >= 0.3 is 5.97 Å². The van der Waals surface area contributed by atoms with Crippen LogP contribution in [0.5, 0.6) is 17.4 Å². The number of ether oxygens (including phenoxy) is 2. The van der Waals surface area contributed by atoms with E-state index in [0.717, 1.165) is 5.56 Å². The van der Waals surface area contributed by atoms with Gasteiger partial charge in [-0.2, -0.15) is 0 Å². The third kappa shape index (κ3) is 2.92. The largest absolute Gasteiger partial charge is 0.504 e. The molecule has 0 unspecified atom stereocenters. The van der Waals surface area contributed by atoms with Crippen LogP contribution in [0.4, 0.5) is 5.69 Å². The smallest absolute Gasteiger partial charge is 0.313 e. The molecule has 142 valence electrons. The lowest BCUT2D eigenvalue weighted by Gasteiger charge is -2.23. The Kier molecular flexibility index (Phi) is 4.19. The van der Waals surface area contributed by atoms with E-state index in [9.17, 15) is 20.0 Å². The number of carbonyl (C=O) groups excluding carboxylic acids is 1. The molecule has 0 saturated heterocycles. The van der Waals surface area contributed by atoms with E-state index >= 15 is 0 Å². The SMILES string of the molecule is COc1cc([C@@H]2CC(=O)Oc3n[nH]c(-c4cccc([N+](=O)[O-])c4)c32)ccc1O. The normalized spacial score (nSPS) is 15.6. The predicted octanol–water partition coefficient (Wildman–Crippen LogP) is 3.14. The molecule has 1 aromatic heterocycles. The number of rotatable bonds is 4. The monoisotopic (exact) mass is 381 g/mol. The first-order valence-electron chi connectivity index (χ1n) is 8.38. The first-order valence-corrected chi connectivity index (χ1v) is 8.38. The standard InChI is InChI=1S/C19H15N3O6/c1-27-15-8-10(5-6-14(15)23)13-9-16(24)28-19-17(13)18(20-21-19)11-3-2-4-12(7-11)22(25)26/h2-8,13,23H,9H2,1H3,(H,20,21)/t13-/m0/s1. The molecule has 2 heterocycles. The Morgan fingerprint density at radius 1 is 1.32 bits per heavy atom. The van der Waals surface area contributed by atoms with Gasteiger partial charge in [0.05, 0.1) is 29.7 Å². The number of phenols is 1. The number of H-pyrrole nitrogens is 1. The minimum absolute atomic E-state index is 0.0176. The van der Waals surface area contributed by atoms with Crippen LogP contribution in [0.2, 0.25) is 0 Å². The molecule has 0 spiro atoms. The van der Waals surface area contributed by atoms with Crippen molar-refractivity contribution >= 4 is 11.7 Å². The van der Waals surface area contributed by atoms with Crippen molar-refractivity contribution in [2.45, 2.75) is 12.3 Å². The van der Waals surface area contributed by atoms with Gasteiger partial charge < -0.3 is 14.6 Å². The number of esters is 1. The molecule has 2 aromatic carbocycles. The number of non-ortho nitro benzene ring substituents is 1. The number of methoxy groups -OCH3 is 1. The van der Waals surface area contributed by atoms with Crippen LogP contribution < -0.4 is 9.47 Å². The van der Waals surface area contributed by atoms with Crippen LogP contribution in [0, 0.1) is 10.1 Å². The lowest BCUT2D eigenvalue weighted by molar-refractivity contribution is -0.384. The topological polar surface area (TPSA) is 128 Å². The van der Waals surface area contributed by atoms with Crippen molar-refractivity contribution in [1.29, 1.82) is 0 Å². The molecule has 1 atom stereocenters. The second kappa shape index (κ2) is 6.69. The van der Waals surface area contributed by atoms with Crippen LogP contribution in [0.3, 0.4) is 0 Å². The van der Waals surface area contributed by atoms with Gasteiger partial charge in [-0.05, 0) is 17.7 Å². The Morgan fingerprint density at radius 2 is 2.14 bits per heavy atom. The van der Waals surface area contributed by atoms with Crippen LogP contribution in [-0.4, -0.2) is 33.3 Å². The summed E-state index contributed by atoms with van der Waals surface area (Å²) < 4.78 is 10.4. The number of benzene rings is 2. The fraction of sp³-hybridized carbons (Fsp3) is 0.158. The number of fused-ring (bicyclic) bond motifs is 1. The molecule has 28 heavy (non-hydrogen) atoms. The fourth-order valence-electron chi connectivity index (χ4n) is 3.34. The summed E-state index contributed by atoms with van der Waals surface area (Å²) >= 11 is 0. The Hall–Kier alpha value is -3.88. The first-order chi connectivity index (χ1) is 13.5. The summed E-state index contributed by atoms with van der Waals surface area (Å²) in [6.45, 7) is 0. The number of nitro groups is 1. The van der Waals surface area contributed by atoms with Gasteiger partial charge in [0.15, 0.2) is 11.5 Å². The fourth-order valence-corrected chi connectivity index (χ4v) is 3.34. The number of hydrogen-bond donors (Lipinski definition) is 2. The molecule has 0 radical (unpaired) electrons. The molecule has 9 nitrogen and oxygen atoms in total. The van der Waals surface area contributed by atoms with Crippen molar-refractivity contribution < 1.29 is 24.3 Å². The van der Waals surface area contributed by atoms with Crippen molar-refractivity contribution in [2.75, 3.05) is 7.11 Å². The Morgan fingerprint density at radius 3 is 2.89 bits per heavy atom. The van der Waals surface area contributed by atoms with E-state index in [-0.39, 0.29) is 29.5 Å². The number of aromatic amines is 1. The molecular weight excluding hydrogens is 366 g/mol. The third-order valence-corrected chi connectivity index (χ3v) is 4.65. The summed E-state index contributed by atoms with van der Waals surface area (Å²) in [4.78, 5) is 22.7. The summed E-state index contributed by atoms with van der Waals surface area (Å²) in [7, 11) is 1.44. The Balaban J connectivity index is 1.86. The van der Waals surface area contributed by atoms with Gasteiger partial charge in [0.1, 0.15) is 0 Å².